The fourth-order valence-electron chi connectivity index (χ4n) is 2.50. The molecule has 1 aromatic heterocycles. The summed E-state index contributed by atoms with van der Waals surface area (Å²) in [6.45, 7) is 3.97. The fourth-order valence-corrected chi connectivity index (χ4v) is 3.46. The number of carboxylic acids is 1. The van der Waals surface area contributed by atoms with Crippen molar-refractivity contribution in [3.63, 3.8) is 0 Å². The predicted molar refractivity (Wildman–Crippen MR) is 71.9 cm³/mol. The Morgan fingerprint density at radius 3 is 3.11 bits per heavy atom. The van der Waals surface area contributed by atoms with Crippen LogP contribution in [-0.2, 0) is 4.79 Å². The molecule has 4 nitrogen and oxygen atoms in total. The highest BCUT2D eigenvalue weighted by Gasteiger charge is 2.25. The van der Waals surface area contributed by atoms with Gasteiger partial charge in [0.15, 0.2) is 0 Å². The minimum Gasteiger partial charge on any atom is -0.481 e. The first-order chi connectivity index (χ1) is 8.66. The van der Waals surface area contributed by atoms with Crippen LogP contribution < -0.4 is 0 Å². The summed E-state index contributed by atoms with van der Waals surface area (Å²) in [5.41, 5.74) is 1.09. The lowest BCUT2D eigenvalue weighted by molar-refractivity contribution is -0.137. The molecule has 1 aromatic rings. The summed E-state index contributed by atoms with van der Waals surface area (Å²) in [5.74, 6) is -0.700. The highest BCUT2D eigenvalue weighted by atomic mass is 32.1. The summed E-state index contributed by atoms with van der Waals surface area (Å²) in [4.78, 5) is 17.6. The van der Waals surface area contributed by atoms with Crippen molar-refractivity contribution in [3.8, 4) is 0 Å². The van der Waals surface area contributed by atoms with E-state index in [1.165, 1.54) is 17.8 Å². The smallest absolute Gasteiger partial charge is 0.303 e. The highest BCUT2D eigenvalue weighted by Crippen LogP contribution is 2.32. The predicted octanol–water partition coefficient (Wildman–Crippen LogP) is 2.84. The van der Waals surface area contributed by atoms with E-state index in [0.717, 1.165) is 31.6 Å². The molecule has 100 valence electrons. The van der Waals surface area contributed by atoms with Crippen LogP contribution in [0.25, 0.3) is 0 Å². The minimum absolute atomic E-state index is 0.264. The number of thiazole rings is 1. The number of piperidine rings is 1. The highest BCUT2D eigenvalue weighted by molar-refractivity contribution is 7.09. The molecule has 0 amide bonds. The second kappa shape index (κ2) is 6.29. The first-order valence-corrected chi connectivity index (χ1v) is 7.42. The number of likely N-dealkylation sites (tertiary alicyclic amines) is 1. The largest absolute Gasteiger partial charge is 0.481 e. The summed E-state index contributed by atoms with van der Waals surface area (Å²) in [6.07, 6.45) is 4.61. The van der Waals surface area contributed by atoms with Crippen LogP contribution >= 0.6 is 11.3 Å². The van der Waals surface area contributed by atoms with Gasteiger partial charge in [0.25, 0.3) is 0 Å². The number of rotatable bonds is 5. The molecule has 2 rings (SSSR count). The van der Waals surface area contributed by atoms with E-state index in [4.69, 9.17) is 5.11 Å². The van der Waals surface area contributed by atoms with Crippen LogP contribution in [0.2, 0.25) is 0 Å². The Bertz CT molecular complexity index is 405. The number of nitrogens with zero attached hydrogens (tertiary/aromatic N) is 2. The summed E-state index contributed by atoms with van der Waals surface area (Å²) in [5, 5.41) is 12.0. The molecule has 0 aromatic carbocycles. The monoisotopic (exact) mass is 268 g/mol. The van der Waals surface area contributed by atoms with Crippen molar-refractivity contribution < 1.29 is 9.90 Å². The molecule has 1 N–H and O–H groups in total. The van der Waals surface area contributed by atoms with Gasteiger partial charge in [-0.1, -0.05) is 6.42 Å². The van der Waals surface area contributed by atoms with Crippen molar-refractivity contribution in [1.29, 1.82) is 0 Å². The average Bonchev–Trinajstić information content (AvgIpc) is 2.76. The molecule has 1 unspecified atom stereocenters. The molecule has 0 radical (unpaired) electrons. The van der Waals surface area contributed by atoms with Gasteiger partial charge in [-0.15, -0.1) is 11.3 Å². The van der Waals surface area contributed by atoms with Gasteiger partial charge in [0.05, 0.1) is 6.04 Å². The molecular formula is C13H20N2O2S. The summed E-state index contributed by atoms with van der Waals surface area (Å²) >= 11 is 1.73. The summed E-state index contributed by atoms with van der Waals surface area (Å²) in [7, 11) is 0. The lowest BCUT2D eigenvalue weighted by atomic mass is 10.0. The van der Waals surface area contributed by atoms with Crippen molar-refractivity contribution in [2.45, 2.75) is 45.1 Å². The van der Waals surface area contributed by atoms with Crippen LogP contribution in [0.4, 0.5) is 0 Å². The molecule has 1 aliphatic heterocycles. The van der Waals surface area contributed by atoms with E-state index in [2.05, 4.69) is 15.3 Å². The van der Waals surface area contributed by atoms with Gasteiger partial charge in [0.2, 0.25) is 0 Å². The Kier molecular flexibility index (Phi) is 4.72. The molecular weight excluding hydrogens is 248 g/mol. The Labute approximate surface area is 112 Å². The molecule has 1 aliphatic rings. The van der Waals surface area contributed by atoms with E-state index in [9.17, 15) is 4.79 Å². The van der Waals surface area contributed by atoms with Crippen LogP contribution in [0.1, 0.15) is 48.8 Å². The molecule has 18 heavy (non-hydrogen) atoms. The van der Waals surface area contributed by atoms with Gasteiger partial charge in [-0.05, 0) is 39.3 Å². The van der Waals surface area contributed by atoms with Crippen LogP contribution in [-0.4, -0.2) is 34.0 Å². The minimum atomic E-state index is -0.700. The average molecular weight is 268 g/mol. The van der Waals surface area contributed by atoms with Gasteiger partial charge in [-0.25, -0.2) is 4.98 Å². The van der Waals surface area contributed by atoms with Gasteiger partial charge in [-0.3, -0.25) is 9.69 Å². The Hall–Kier alpha value is -0.940. The lowest BCUT2D eigenvalue weighted by Crippen LogP contribution is -2.34. The van der Waals surface area contributed by atoms with Crippen molar-refractivity contribution >= 4 is 17.3 Å². The first kappa shape index (κ1) is 13.5. The molecule has 5 heteroatoms. The topological polar surface area (TPSA) is 53.4 Å². The zero-order valence-corrected chi connectivity index (χ0v) is 11.6. The maximum absolute atomic E-state index is 10.6. The van der Waals surface area contributed by atoms with E-state index in [1.54, 1.807) is 11.3 Å². The second-order valence-corrected chi connectivity index (χ2v) is 5.76. The van der Waals surface area contributed by atoms with Crippen LogP contribution in [0.3, 0.4) is 0 Å². The third kappa shape index (κ3) is 3.53. The molecule has 0 saturated carbocycles. The SMILES string of the molecule is Cc1csc(C2CCCCN2CCCC(=O)O)n1. The number of carboxylic acid groups (broad SMARTS) is 1. The van der Waals surface area contributed by atoms with Gasteiger partial charge < -0.3 is 5.11 Å². The zero-order valence-electron chi connectivity index (χ0n) is 10.8. The number of hydrogen-bond acceptors (Lipinski definition) is 4. The summed E-state index contributed by atoms with van der Waals surface area (Å²) < 4.78 is 0. The molecule has 1 saturated heterocycles. The molecule has 0 spiro atoms. The van der Waals surface area contributed by atoms with Gasteiger partial charge in [0.1, 0.15) is 5.01 Å². The second-order valence-electron chi connectivity index (χ2n) is 4.87. The Morgan fingerprint density at radius 1 is 1.61 bits per heavy atom. The first-order valence-electron chi connectivity index (χ1n) is 6.54. The maximum Gasteiger partial charge on any atom is 0.303 e. The molecule has 0 bridgehead atoms. The number of aliphatic carboxylic acids is 1. The number of aryl methyl sites for hydroxylation is 1. The standard InChI is InChI=1S/C13H20N2O2S/c1-10-9-18-13(14-10)11-5-2-3-7-15(11)8-4-6-12(16)17/h9,11H,2-8H2,1H3,(H,16,17). The van der Waals surface area contributed by atoms with Crippen LogP contribution in [0, 0.1) is 6.92 Å². The summed E-state index contributed by atoms with van der Waals surface area (Å²) in [6, 6.07) is 0.409. The van der Waals surface area contributed by atoms with Crippen LogP contribution in [0.5, 0.6) is 0 Å². The lowest BCUT2D eigenvalue weighted by Gasteiger charge is -2.34. The fraction of sp³-hybridized carbons (Fsp3) is 0.692. The normalized spacial score (nSPS) is 21.1. The van der Waals surface area contributed by atoms with Crippen molar-refractivity contribution in [2.75, 3.05) is 13.1 Å². The van der Waals surface area contributed by atoms with E-state index in [0.29, 0.717) is 6.04 Å². The number of aromatic nitrogens is 1. The van der Waals surface area contributed by atoms with Crippen molar-refractivity contribution in [2.24, 2.45) is 0 Å². The van der Waals surface area contributed by atoms with E-state index >= 15 is 0 Å². The Balaban J connectivity index is 1.95. The number of carbonyl (C=O) groups is 1. The number of hydrogen-bond donors (Lipinski definition) is 1. The molecule has 1 atom stereocenters. The van der Waals surface area contributed by atoms with Crippen molar-refractivity contribution in [1.82, 2.24) is 9.88 Å². The third-order valence-electron chi connectivity index (χ3n) is 3.37. The van der Waals surface area contributed by atoms with E-state index in [-0.39, 0.29) is 6.42 Å². The van der Waals surface area contributed by atoms with E-state index in [1.807, 2.05) is 6.92 Å². The molecule has 1 fully saturated rings. The van der Waals surface area contributed by atoms with Gasteiger partial charge in [0, 0.05) is 17.5 Å². The van der Waals surface area contributed by atoms with E-state index < -0.39 is 5.97 Å². The molecule has 0 aliphatic carbocycles. The molecule has 2 heterocycles. The Morgan fingerprint density at radius 2 is 2.44 bits per heavy atom. The quantitative estimate of drug-likeness (QED) is 0.892. The third-order valence-corrected chi connectivity index (χ3v) is 4.44. The van der Waals surface area contributed by atoms with Crippen molar-refractivity contribution in [3.05, 3.63) is 16.1 Å². The van der Waals surface area contributed by atoms with Gasteiger partial charge in [-0.2, -0.15) is 0 Å². The zero-order chi connectivity index (χ0) is 13.0. The van der Waals surface area contributed by atoms with Gasteiger partial charge >= 0.3 is 5.97 Å². The maximum atomic E-state index is 10.6. The van der Waals surface area contributed by atoms with Crippen LogP contribution in [0.15, 0.2) is 5.38 Å².